The molecule has 0 aromatic heterocycles. The van der Waals surface area contributed by atoms with Crippen LogP contribution in [0.1, 0.15) is 66.2 Å². The first-order chi connectivity index (χ1) is 13.2. The van der Waals surface area contributed by atoms with E-state index in [2.05, 4.69) is 27.7 Å². The van der Waals surface area contributed by atoms with E-state index in [4.69, 9.17) is 20.9 Å². The fourth-order valence-electron chi connectivity index (χ4n) is 5.48. The van der Waals surface area contributed by atoms with Crippen molar-refractivity contribution in [3.8, 4) is 0 Å². The van der Waals surface area contributed by atoms with Crippen LogP contribution >= 0.6 is 0 Å². The van der Waals surface area contributed by atoms with E-state index in [1.165, 1.54) is 0 Å². The lowest BCUT2D eigenvalue weighted by molar-refractivity contribution is -0.139. The second-order valence-electron chi connectivity index (χ2n) is 10.0. The summed E-state index contributed by atoms with van der Waals surface area (Å²) in [7, 11) is 0. The lowest BCUT2D eigenvalue weighted by Gasteiger charge is -2.44. The van der Waals surface area contributed by atoms with Gasteiger partial charge in [-0.05, 0) is 62.2 Å². The van der Waals surface area contributed by atoms with Crippen LogP contribution in [0.15, 0.2) is 0 Å². The fraction of sp³-hybridized carbons (Fsp3) is 1.00. The molecule has 0 bridgehead atoms. The molecule has 0 heterocycles. The standard InChI is InChI=1S/C22H42N2O4/c1-11-9-17(13(3)19(23)21(11)25)27-15-5-7-16(8-6-15)28-18-10-12(2)22(26)20(24)14(18)4/h11-22,25-26H,5-10,23-24H2,1-4H3. The maximum Gasteiger partial charge on any atom is 0.0721 e. The van der Waals surface area contributed by atoms with Gasteiger partial charge in [-0.1, -0.05) is 27.7 Å². The first kappa shape index (κ1) is 22.4. The van der Waals surface area contributed by atoms with Crippen LogP contribution in [0.2, 0.25) is 0 Å². The normalized spacial score (nSPS) is 53.1. The topological polar surface area (TPSA) is 111 Å². The van der Waals surface area contributed by atoms with Gasteiger partial charge in [0.25, 0.3) is 0 Å². The Kier molecular flexibility index (Phi) is 7.43. The molecule has 10 atom stereocenters. The molecule has 6 N–H and O–H groups in total. The molecule has 3 aliphatic rings. The second kappa shape index (κ2) is 9.27. The Morgan fingerprint density at radius 3 is 1.29 bits per heavy atom. The monoisotopic (exact) mass is 398 g/mol. The highest BCUT2D eigenvalue weighted by Gasteiger charge is 2.42. The summed E-state index contributed by atoms with van der Waals surface area (Å²) in [6.07, 6.45) is 5.71. The van der Waals surface area contributed by atoms with Gasteiger partial charge in [0, 0.05) is 12.1 Å². The Morgan fingerprint density at radius 2 is 0.964 bits per heavy atom. The third-order valence-electron chi connectivity index (χ3n) is 7.91. The van der Waals surface area contributed by atoms with Crippen LogP contribution in [0.3, 0.4) is 0 Å². The number of aliphatic hydroxyl groups is 2. The number of aliphatic hydroxyl groups excluding tert-OH is 2. The Hall–Kier alpha value is -0.240. The lowest BCUT2D eigenvalue weighted by Crippen LogP contribution is -2.54. The van der Waals surface area contributed by atoms with Gasteiger partial charge in [0.1, 0.15) is 0 Å². The molecule has 10 unspecified atom stereocenters. The molecule has 0 radical (unpaired) electrons. The highest BCUT2D eigenvalue weighted by molar-refractivity contribution is 4.94. The maximum atomic E-state index is 10.2. The number of nitrogens with two attached hydrogens (primary N) is 2. The van der Waals surface area contributed by atoms with Crippen LogP contribution in [-0.4, -0.2) is 58.9 Å². The van der Waals surface area contributed by atoms with Crippen molar-refractivity contribution < 1.29 is 19.7 Å². The maximum absolute atomic E-state index is 10.2. The molecule has 0 spiro atoms. The van der Waals surface area contributed by atoms with E-state index in [1.807, 2.05) is 0 Å². The van der Waals surface area contributed by atoms with Gasteiger partial charge in [0.05, 0.1) is 36.6 Å². The molecular weight excluding hydrogens is 356 g/mol. The van der Waals surface area contributed by atoms with Crippen LogP contribution in [0.4, 0.5) is 0 Å². The lowest BCUT2D eigenvalue weighted by atomic mass is 9.75. The van der Waals surface area contributed by atoms with Crippen molar-refractivity contribution in [1.82, 2.24) is 0 Å². The van der Waals surface area contributed by atoms with E-state index in [1.54, 1.807) is 0 Å². The smallest absolute Gasteiger partial charge is 0.0721 e. The van der Waals surface area contributed by atoms with Crippen LogP contribution in [0, 0.1) is 23.7 Å². The van der Waals surface area contributed by atoms with E-state index in [0.29, 0.717) is 0 Å². The molecule has 0 aromatic carbocycles. The van der Waals surface area contributed by atoms with Crippen LogP contribution < -0.4 is 11.5 Å². The highest BCUT2D eigenvalue weighted by Crippen LogP contribution is 2.36. The van der Waals surface area contributed by atoms with Gasteiger partial charge < -0.3 is 31.2 Å². The van der Waals surface area contributed by atoms with Gasteiger partial charge in [-0.3, -0.25) is 0 Å². The van der Waals surface area contributed by atoms with Crippen molar-refractivity contribution in [2.45, 2.75) is 115 Å². The zero-order valence-corrected chi connectivity index (χ0v) is 18.0. The van der Waals surface area contributed by atoms with E-state index in [0.717, 1.165) is 38.5 Å². The van der Waals surface area contributed by atoms with Gasteiger partial charge in [-0.15, -0.1) is 0 Å². The predicted octanol–water partition coefficient (Wildman–Crippen LogP) is 1.80. The molecular formula is C22H42N2O4. The molecule has 28 heavy (non-hydrogen) atoms. The highest BCUT2D eigenvalue weighted by atomic mass is 16.5. The van der Waals surface area contributed by atoms with Crippen molar-refractivity contribution in [3.05, 3.63) is 0 Å². The van der Waals surface area contributed by atoms with Gasteiger partial charge in [-0.2, -0.15) is 0 Å². The summed E-state index contributed by atoms with van der Waals surface area (Å²) < 4.78 is 12.9. The van der Waals surface area contributed by atoms with Crippen LogP contribution in [0.25, 0.3) is 0 Å². The summed E-state index contributed by atoms with van der Waals surface area (Å²) in [5, 5.41) is 20.4. The molecule has 6 heteroatoms. The summed E-state index contributed by atoms with van der Waals surface area (Å²) in [4.78, 5) is 0. The first-order valence-corrected chi connectivity index (χ1v) is 11.4. The Labute approximate surface area is 170 Å². The summed E-state index contributed by atoms with van der Waals surface area (Å²) in [6, 6.07) is -0.412. The Balaban J connectivity index is 1.46. The SMILES string of the molecule is CC1CC(OC2CCC(OC3CC(C)C(O)C(N)C3C)CC2)C(C)C(N)C1O. The van der Waals surface area contributed by atoms with Gasteiger partial charge in [0.15, 0.2) is 0 Å². The molecule has 3 aliphatic carbocycles. The van der Waals surface area contributed by atoms with Crippen molar-refractivity contribution >= 4 is 0 Å². The van der Waals surface area contributed by atoms with Crippen molar-refractivity contribution in [1.29, 1.82) is 0 Å². The summed E-state index contributed by atoms with van der Waals surface area (Å²) in [6.45, 7) is 8.32. The van der Waals surface area contributed by atoms with Crippen molar-refractivity contribution in [2.24, 2.45) is 35.1 Å². The molecule has 3 saturated carbocycles. The first-order valence-electron chi connectivity index (χ1n) is 11.4. The third kappa shape index (κ3) is 4.73. The van der Waals surface area contributed by atoms with Crippen LogP contribution in [-0.2, 0) is 9.47 Å². The average Bonchev–Trinajstić information content (AvgIpc) is 2.68. The van der Waals surface area contributed by atoms with Gasteiger partial charge in [-0.25, -0.2) is 0 Å². The Morgan fingerprint density at radius 1 is 0.643 bits per heavy atom. The van der Waals surface area contributed by atoms with E-state index >= 15 is 0 Å². The molecule has 6 nitrogen and oxygen atoms in total. The zero-order valence-electron chi connectivity index (χ0n) is 18.0. The molecule has 0 saturated heterocycles. The largest absolute Gasteiger partial charge is 0.391 e. The van der Waals surface area contributed by atoms with Crippen molar-refractivity contribution in [3.63, 3.8) is 0 Å². The van der Waals surface area contributed by atoms with Gasteiger partial charge in [0.2, 0.25) is 0 Å². The molecule has 164 valence electrons. The summed E-state index contributed by atoms with van der Waals surface area (Å²) >= 11 is 0. The average molecular weight is 399 g/mol. The molecule has 3 fully saturated rings. The summed E-state index contributed by atoms with van der Waals surface area (Å²) in [5.74, 6) is 0.728. The Bertz CT molecular complexity index is 455. The third-order valence-corrected chi connectivity index (χ3v) is 7.91. The number of hydrogen-bond acceptors (Lipinski definition) is 6. The second-order valence-corrected chi connectivity index (χ2v) is 10.0. The molecule has 0 aromatic rings. The van der Waals surface area contributed by atoms with Gasteiger partial charge >= 0.3 is 0 Å². The quantitative estimate of drug-likeness (QED) is 0.575. The zero-order chi connectivity index (χ0) is 20.6. The van der Waals surface area contributed by atoms with Crippen LogP contribution in [0.5, 0.6) is 0 Å². The summed E-state index contributed by atoms with van der Waals surface area (Å²) in [5.41, 5.74) is 12.4. The predicted molar refractivity (Wildman–Crippen MR) is 110 cm³/mol. The minimum absolute atomic E-state index is 0.134. The minimum Gasteiger partial charge on any atom is -0.391 e. The van der Waals surface area contributed by atoms with Crippen molar-refractivity contribution in [2.75, 3.05) is 0 Å². The fourth-order valence-corrected chi connectivity index (χ4v) is 5.48. The number of rotatable bonds is 4. The van der Waals surface area contributed by atoms with E-state index in [9.17, 15) is 10.2 Å². The molecule has 0 amide bonds. The number of ether oxygens (including phenoxy) is 2. The molecule has 3 rings (SSSR count). The number of hydrogen-bond donors (Lipinski definition) is 4. The molecule has 0 aliphatic heterocycles. The van der Waals surface area contributed by atoms with E-state index < -0.39 is 12.2 Å². The van der Waals surface area contributed by atoms with E-state index in [-0.39, 0.29) is 60.2 Å². The minimum atomic E-state index is -0.427.